The molecule has 6 atom stereocenters. The average Bonchev–Trinajstić information content (AvgIpc) is 3.54. The number of methoxy groups -OCH3 is 1. The maximum atomic E-state index is 15.3. The minimum Gasteiger partial charge on any atom is -0.504 e. The van der Waals surface area contributed by atoms with Crippen LogP contribution < -0.4 is 15.1 Å². The van der Waals surface area contributed by atoms with E-state index in [-0.39, 0.29) is 35.7 Å². The third-order valence-corrected chi connectivity index (χ3v) is 12.1. The van der Waals surface area contributed by atoms with Crippen LogP contribution >= 0.6 is 22.6 Å². The number of nitro benzene ring substituents is 1. The number of halogens is 1. The Balaban J connectivity index is 1.32. The van der Waals surface area contributed by atoms with E-state index in [9.17, 15) is 29.6 Å². The number of benzene rings is 4. The molecule has 268 valence electrons. The van der Waals surface area contributed by atoms with Gasteiger partial charge in [-0.3, -0.25) is 39.6 Å². The van der Waals surface area contributed by atoms with E-state index in [1.807, 2.05) is 78.1 Å². The number of carbonyl (C=O) groups is 4. The lowest BCUT2D eigenvalue weighted by atomic mass is 9.49. The number of nitrogens with zero attached hydrogens (tertiary/aromatic N) is 3. The number of non-ortho nitro benzene ring substituents is 1. The van der Waals surface area contributed by atoms with Gasteiger partial charge in [0.15, 0.2) is 11.5 Å². The van der Waals surface area contributed by atoms with Gasteiger partial charge in [-0.2, -0.15) is 5.01 Å². The van der Waals surface area contributed by atoms with E-state index < -0.39 is 63.6 Å². The molecular weight excluding hydrogens is 791 g/mol. The third-order valence-electron chi connectivity index (χ3n) is 11.3. The molecule has 4 aromatic carbocycles. The monoisotopic (exact) mass is 824 g/mol. The molecule has 4 amide bonds. The van der Waals surface area contributed by atoms with Crippen molar-refractivity contribution in [3.63, 3.8) is 0 Å². The molecule has 0 spiro atoms. The predicted molar refractivity (Wildman–Crippen MR) is 202 cm³/mol. The fourth-order valence-electron chi connectivity index (χ4n) is 9.02. The van der Waals surface area contributed by atoms with Crippen molar-refractivity contribution in [1.29, 1.82) is 0 Å². The molecule has 53 heavy (non-hydrogen) atoms. The minimum atomic E-state index is -1.49. The van der Waals surface area contributed by atoms with Gasteiger partial charge in [0.2, 0.25) is 11.8 Å². The number of aryl methyl sites for hydroxylation is 1. The Morgan fingerprint density at radius 2 is 1.62 bits per heavy atom. The molecule has 4 aliphatic rings. The molecular formula is C40H33IN4O8. The number of phenols is 1. The average molecular weight is 825 g/mol. The maximum absolute atomic E-state index is 15.3. The number of hydrazine groups is 1. The maximum Gasteiger partial charge on any atom is 0.269 e. The summed E-state index contributed by atoms with van der Waals surface area (Å²) in [7, 11) is 1.44. The lowest BCUT2D eigenvalue weighted by Gasteiger charge is -2.50. The highest BCUT2D eigenvalue weighted by molar-refractivity contribution is 14.1. The van der Waals surface area contributed by atoms with Crippen molar-refractivity contribution in [3.8, 4) is 11.5 Å². The van der Waals surface area contributed by atoms with Crippen molar-refractivity contribution in [2.45, 2.75) is 31.1 Å². The Hall–Kier alpha value is -5.57. The lowest BCUT2D eigenvalue weighted by molar-refractivity contribution is -0.384. The Kier molecular flexibility index (Phi) is 8.35. The third kappa shape index (κ3) is 5.15. The summed E-state index contributed by atoms with van der Waals surface area (Å²) in [5, 5.41) is 23.3. The number of allylic oxidation sites excluding steroid dienone is 2. The van der Waals surface area contributed by atoms with Crippen LogP contribution in [0.15, 0.2) is 103 Å². The van der Waals surface area contributed by atoms with Gasteiger partial charge >= 0.3 is 0 Å². The van der Waals surface area contributed by atoms with Crippen LogP contribution in [0.4, 0.5) is 17.1 Å². The van der Waals surface area contributed by atoms with E-state index in [0.29, 0.717) is 20.4 Å². The summed E-state index contributed by atoms with van der Waals surface area (Å²) in [6.07, 6.45) is 2.26. The number of aromatic hydroxyl groups is 1. The number of phenolic OH excluding ortho intramolecular Hbond substituents is 1. The SMILES string of the molecule is COc1cc(C2C3=CCC4C(=O)N(c5ccc([N+](=O)[O-])cc5)C(=O)C4C3CC3C(=O)N(Nc4ccc(C)cc4)C(=O)C32c2ccccc2)cc(I)c1O. The quantitative estimate of drug-likeness (QED) is 0.0706. The number of ether oxygens (including phenoxy) is 1. The summed E-state index contributed by atoms with van der Waals surface area (Å²) in [6, 6.07) is 25.3. The molecule has 12 nitrogen and oxygen atoms in total. The largest absolute Gasteiger partial charge is 0.504 e. The van der Waals surface area contributed by atoms with Crippen LogP contribution in [-0.2, 0) is 24.6 Å². The summed E-state index contributed by atoms with van der Waals surface area (Å²) in [5.41, 5.74) is 5.18. The molecule has 2 aliphatic heterocycles. The van der Waals surface area contributed by atoms with Gasteiger partial charge in [0.05, 0.1) is 50.1 Å². The van der Waals surface area contributed by atoms with Crippen LogP contribution in [0.25, 0.3) is 0 Å². The molecule has 1 saturated carbocycles. The second-order valence-electron chi connectivity index (χ2n) is 13.9. The minimum absolute atomic E-state index is 0.0704. The van der Waals surface area contributed by atoms with Crippen molar-refractivity contribution >= 4 is 63.3 Å². The van der Waals surface area contributed by atoms with Gasteiger partial charge in [-0.25, -0.2) is 0 Å². The summed E-state index contributed by atoms with van der Waals surface area (Å²) < 4.78 is 6.06. The molecule has 4 aromatic rings. The second kappa shape index (κ2) is 12.8. The van der Waals surface area contributed by atoms with Gasteiger partial charge in [0, 0.05) is 18.1 Å². The Morgan fingerprint density at radius 3 is 2.28 bits per heavy atom. The Morgan fingerprint density at radius 1 is 0.925 bits per heavy atom. The van der Waals surface area contributed by atoms with Crippen molar-refractivity contribution in [3.05, 3.63) is 133 Å². The first-order valence-corrected chi connectivity index (χ1v) is 18.2. The first-order chi connectivity index (χ1) is 25.5. The van der Waals surface area contributed by atoms with Gasteiger partial charge in [-0.15, -0.1) is 0 Å². The van der Waals surface area contributed by atoms with Gasteiger partial charge in [0.25, 0.3) is 17.5 Å². The van der Waals surface area contributed by atoms with Gasteiger partial charge in [-0.05, 0) is 95.8 Å². The van der Waals surface area contributed by atoms with Gasteiger partial charge < -0.3 is 9.84 Å². The zero-order valence-electron chi connectivity index (χ0n) is 28.6. The summed E-state index contributed by atoms with van der Waals surface area (Å²) in [6.45, 7) is 1.94. The highest BCUT2D eigenvalue weighted by atomic mass is 127. The lowest BCUT2D eigenvalue weighted by Crippen LogP contribution is -2.53. The van der Waals surface area contributed by atoms with E-state index in [0.717, 1.165) is 21.0 Å². The number of anilines is 2. The molecule has 2 aliphatic carbocycles. The second-order valence-corrected chi connectivity index (χ2v) is 15.1. The normalized spacial score (nSPS) is 26.2. The van der Waals surface area contributed by atoms with Crippen LogP contribution in [0, 0.1) is 44.3 Å². The molecule has 2 heterocycles. The summed E-state index contributed by atoms with van der Waals surface area (Å²) in [4.78, 5) is 70.6. The number of nitro groups is 1. The number of nitrogens with one attached hydrogen (secondary N) is 1. The molecule has 3 fully saturated rings. The van der Waals surface area contributed by atoms with Crippen molar-refractivity contribution < 1.29 is 33.9 Å². The van der Waals surface area contributed by atoms with Gasteiger partial charge in [0.1, 0.15) is 0 Å². The predicted octanol–water partition coefficient (Wildman–Crippen LogP) is 6.41. The number of imide groups is 2. The van der Waals surface area contributed by atoms with Crippen LogP contribution in [0.5, 0.6) is 11.5 Å². The van der Waals surface area contributed by atoms with Crippen LogP contribution in [0.2, 0.25) is 0 Å². The van der Waals surface area contributed by atoms with Crippen LogP contribution in [0.1, 0.15) is 35.4 Å². The molecule has 0 radical (unpaired) electrons. The number of carbonyl (C=O) groups excluding carboxylic acids is 4. The molecule has 2 N–H and O–H groups in total. The van der Waals surface area contributed by atoms with Crippen molar-refractivity contribution in [2.24, 2.45) is 23.7 Å². The van der Waals surface area contributed by atoms with E-state index in [4.69, 9.17) is 4.74 Å². The van der Waals surface area contributed by atoms with Crippen LogP contribution in [-0.4, -0.2) is 45.8 Å². The molecule has 0 aromatic heterocycles. The number of rotatable bonds is 7. The zero-order chi connectivity index (χ0) is 37.3. The number of hydrogen-bond acceptors (Lipinski definition) is 9. The van der Waals surface area contributed by atoms with E-state index in [2.05, 4.69) is 5.43 Å². The Bertz CT molecular complexity index is 2240. The topological polar surface area (TPSA) is 159 Å². The van der Waals surface area contributed by atoms with Gasteiger partial charge in [-0.1, -0.05) is 59.7 Å². The molecule has 2 saturated heterocycles. The van der Waals surface area contributed by atoms with Crippen molar-refractivity contribution in [1.82, 2.24) is 5.01 Å². The highest BCUT2D eigenvalue weighted by Crippen LogP contribution is 2.64. The summed E-state index contributed by atoms with van der Waals surface area (Å²) in [5.74, 6) is -5.67. The standard InChI is InChI=1S/C40H33IN4O8/c1-21-8-10-24(11-9-21)42-44-37(48)30-20-29-27(16-17-28-33(29)38(49)43(36(28)47)25-12-14-26(15-13-25)45(51)52)34(22-18-31(41)35(46)32(19-22)53-2)40(30,39(44)50)23-6-4-3-5-7-23/h3-16,18-19,28-30,33-34,42,46H,17,20H2,1-2H3. The fraction of sp³-hybridized carbons (Fsp3) is 0.250. The number of fused-ring (bicyclic) bond motifs is 4. The van der Waals surface area contributed by atoms with E-state index in [1.165, 1.54) is 31.4 Å². The molecule has 13 heteroatoms. The summed E-state index contributed by atoms with van der Waals surface area (Å²) >= 11 is 2.01. The van der Waals surface area contributed by atoms with E-state index >= 15 is 4.79 Å². The van der Waals surface area contributed by atoms with E-state index in [1.54, 1.807) is 24.3 Å². The smallest absolute Gasteiger partial charge is 0.269 e. The first-order valence-electron chi connectivity index (χ1n) is 17.1. The highest BCUT2D eigenvalue weighted by Gasteiger charge is 2.70. The number of hydrogen-bond donors (Lipinski definition) is 2. The molecule has 0 bridgehead atoms. The Labute approximate surface area is 317 Å². The number of amides is 4. The van der Waals surface area contributed by atoms with Crippen molar-refractivity contribution in [2.75, 3.05) is 17.4 Å². The zero-order valence-corrected chi connectivity index (χ0v) is 30.7. The molecule has 8 rings (SSSR count). The fourth-order valence-corrected chi connectivity index (χ4v) is 9.64. The van der Waals surface area contributed by atoms with Crippen LogP contribution in [0.3, 0.4) is 0 Å². The molecule has 6 unspecified atom stereocenters. The first kappa shape index (κ1) is 34.5.